The summed E-state index contributed by atoms with van der Waals surface area (Å²) in [5.41, 5.74) is 1.03. The summed E-state index contributed by atoms with van der Waals surface area (Å²) in [6.07, 6.45) is -1.02. The molecule has 3 atom stereocenters. The maximum atomic E-state index is 11.4. The van der Waals surface area contributed by atoms with Gasteiger partial charge in [-0.1, -0.05) is 36.4 Å². The highest BCUT2D eigenvalue weighted by atomic mass is 16.6. The number of rotatable bonds is 7. The molecule has 1 N–H and O–H groups in total. The molecule has 1 heterocycles. The largest absolute Gasteiger partial charge is 0.455 e. The average Bonchev–Trinajstić information content (AvgIpc) is 2.73. The maximum absolute atomic E-state index is 11.4. The summed E-state index contributed by atoms with van der Waals surface area (Å²) in [5, 5.41) is 9.68. The number of carbonyl (C=O) groups is 1. The summed E-state index contributed by atoms with van der Waals surface area (Å²) in [7, 11) is 0. The highest BCUT2D eigenvalue weighted by Gasteiger charge is 2.44. The molecular formula is C15H18O5. The number of aliphatic hydroxyl groups is 1. The van der Waals surface area contributed by atoms with Gasteiger partial charge < -0.3 is 19.3 Å². The lowest BCUT2D eigenvalue weighted by atomic mass is 10.1. The Hall–Kier alpha value is -1.69. The quantitative estimate of drug-likeness (QED) is 0.597. The molecule has 0 aliphatic carbocycles. The fourth-order valence-corrected chi connectivity index (χ4v) is 2.00. The number of esters is 1. The third-order valence-electron chi connectivity index (χ3n) is 2.99. The van der Waals surface area contributed by atoms with Crippen LogP contribution in [-0.4, -0.2) is 42.6 Å². The zero-order chi connectivity index (χ0) is 14.4. The molecule has 1 aromatic carbocycles. The van der Waals surface area contributed by atoms with Crippen molar-refractivity contribution >= 4 is 5.97 Å². The van der Waals surface area contributed by atoms with Crippen molar-refractivity contribution in [1.29, 1.82) is 0 Å². The second kappa shape index (κ2) is 7.19. The number of hydrogen-bond acceptors (Lipinski definition) is 5. The first kappa shape index (κ1) is 14.7. The Morgan fingerprint density at radius 1 is 1.35 bits per heavy atom. The van der Waals surface area contributed by atoms with Gasteiger partial charge in [-0.15, -0.1) is 6.58 Å². The van der Waals surface area contributed by atoms with Crippen LogP contribution in [0.2, 0.25) is 0 Å². The van der Waals surface area contributed by atoms with Crippen LogP contribution in [-0.2, 0) is 25.6 Å². The summed E-state index contributed by atoms with van der Waals surface area (Å²) in [4.78, 5) is 11.4. The van der Waals surface area contributed by atoms with Gasteiger partial charge in [-0.05, 0) is 5.56 Å². The van der Waals surface area contributed by atoms with Crippen LogP contribution in [0.3, 0.4) is 0 Å². The number of aliphatic hydroxyl groups excluding tert-OH is 1. The summed E-state index contributed by atoms with van der Waals surface area (Å²) in [6, 6.07) is 9.67. The van der Waals surface area contributed by atoms with E-state index in [1.165, 1.54) is 0 Å². The molecule has 5 nitrogen and oxygen atoms in total. The Balaban J connectivity index is 1.84. The lowest BCUT2D eigenvalue weighted by Crippen LogP contribution is -2.36. The molecule has 20 heavy (non-hydrogen) atoms. The van der Waals surface area contributed by atoms with E-state index in [-0.39, 0.29) is 13.2 Å². The van der Waals surface area contributed by atoms with E-state index < -0.39 is 24.3 Å². The Labute approximate surface area is 117 Å². The minimum atomic E-state index is -1.26. The van der Waals surface area contributed by atoms with Crippen molar-refractivity contribution in [3.63, 3.8) is 0 Å². The first-order valence-electron chi connectivity index (χ1n) is 6.45. The monoisotopic (exact) mass is 278 g/mol. The van der Waals surface area contributed by atoms with Crippen LogP contribution in [0.4, 0.5) is 0 Å². The first-order valence-corrected chi connectivity index (χ1v) is 6.45. The van der Waals surface area contributed by atoms with Gasteiger partial charge in [0.25, 0.3) is 0 Å². The van der Waals surface area contributed by atoms with Crippen molar-refractivity contribution in [3.05, 3.63) is 48.6 Å². The topological polar surface area (TPSA) is 65.0 Å². The molecule has 0 amide bonds. The highest BCUT2D eigenvalue weighted by Crippen LogP contribution is 2.20. The number of ether oxygens (including phenoxy) is 3. The second-order valence-electron chi connectivity index (χ2n) is 4.51. The van der Waals surface area contributed by atoms with Crippen LogP contribution < -0.4 is 0 Å². The van der Waals surface area contributed by atoms with Crippen LogP contribution in [0.5, 0.6) is 0 Å². The van der Waals surface area contributed by atoms with E-state index in [0.717, 1.165) is 5.56 Å². The van der Waals surface area contributed by atoms with E-state index in [0.29, 0.717) is 6.61 Å². The Bertz CT molecular complexity index is 445. The molecular weight excluding hydrogens is 260 g/mol. The molecule has 108 valence electrons. The number of benzene rings is 1. The molecule has 2 rings (SSSR count). The zero-order valence-corrected chi connectivity index (χ0v) is 11.1. The van der Waals surface area contributed by atoms with Gasteiger partial charge in [-0.25, -0.2) is 4.79 Å². The van der Waals surface area contributed by atoms with Gasteiger partial charge >= 0.3 is 5.97 Å². The lowest BCUT2D eigenvalue weighted by Gasteiger charge is -2.18. The van der Waals surface area contributed by atoms with Crippen LogP contribution in [0.15, 0.2) is 43.0 Å². The van der Waals surface area contributed by atoms with Gasteiger partial charge in [0.05, 0.1) is 19.8 Å². The number of hydrogen-bond donors (Lipinski definition) is 1. The van der Waals surface area contributed by atoms with E-state index in [1.807, 2.05) is 30.3 Å². The molecule has 0 unspecified atom stereocenters. The number of carbonyl (C=O) groups excluding carboxylic acids is 1. The number of cyclic esters (lactones) is 1. The van der Waals surface area contributed by atoms with Gasteiger partial charge in [-0.2, -0.15) is 0 Å². The minimum Gasteiger partial charge on any atom is -0.455 e. The molecule has 1 aliphatic heterocycles. The summed E-state index contributed by atoms with van der Waals surface area (Å²) < 4.78 is 15.9. The van der Waals surface area contributed by atoms with Gasteiger partial charge in [0.2, 0.25) is 0 Å². The fourth-order valence-electron chi connectivity index (χ4n) is 2.00. The smallest absolute Gasteiger partial charge is 0.338 e. The van der Waals surface area contributed by atoms with Crippen molar-refractivity contribution < 1.29 is 24.1 Å². The van der Waals surface area contributed by atoms with Crippen LogP contribution in [0, 0.1) is 0 Å². The lowest BCUT2D eigenvalue weighted by molar-refractivity contribution is -0.149. The molecule has 5 heteroatoms. The van der Waals surface area contributed by atoms with Crippen LogP contribution in [0.1, 0.15) is 5.56 Å². The van der Waals surface area contributed by atoms with Crippen LogP contribution in [0.25, 0.3) is 0 Å². The SMILES string of the molecule is C=CCO[C@H]1[C@@H](COCc2ccccc2)OC(=O)[C@@H]1O. The van der Waals surface area contributed by atoms with E-state index in [2.05, 4.69) is 6.58 Å². The minimum absolute atomic E-state index is 0.180. The molecule has 0 saturated carbocycles. The Kier molecular flexibility index (Phi) is 5.29. The average molecular weight is 278 g/mol. The normalized spacial score (nSPS) is 25.4. The van der Waals surface area contributed by atoms with E-state index in [9.17, 15) is 9.90 Å². The van der Waals surface area contributed by atoms with E-state index >= 15 is 0 Å². The molecule has 0 radical (unpaired) electrons. The standard InChI is InChI=1S/C15H18O5/c1-2-8-19-14-12(20-15(17)13(14)16)10-18-9-11-6-4-3-5-7-11/h2-7,12-14,16H,1,8-10H2/t12-,13-,14+/m1/s1. The molecule has 1 aromatic rings. The van der Waals surface area contributed by atoms with Crippen molar-refractivity contribution in [3.8, 4) is 0 Å². The predicted octanol–water partition coefficient (Wildman–Crippen LogP) is 1.06. The molecule has 1 aliphatic rings. The molecule has 0 spiro atoms. The fraction of sp³-hybridized carbons (Fsp3) is 0.400. The Morgan fingerprint density at radius 3 is 2.80 bits per heavy atom. The van der Waals surface area contributed by atoms with Crippen molar-refractivity contribution in [2.24, 2.45) is 0 Å². The molecule has 1 fully saturated rings. The van der Waals surface area contributed by atoms with Crippen molar-refractivity contribution in [1.82, 2.24) is 0 Å². The van der Waals surface area contributed by atoms with Gasteiger partial charge in [0.15, 0.2) is 12.2 Å². The summed E-state index contributed by atoms with van der Waals surface area (Å²) in [6.45, 7) is 4.37. The van der Waals surface area contributed by atoms with E-state index in [1.54, 1.807) is 6.08 Å². The van der Waals surface area contributed by atoms with Gasteiger partial charge in [0.1, 0.15) is 6.10 Å². The summed E-state index contributed by atoms with van der Waals surface area (Å²) in [5.74, 6) is -0.674. The Morgan fingerprint density at radius 2 is 2.10 bits per heavy atom. The highest BCUT2D eigenvalue weighted by molar-refractivity contribution is 5.77. The maximum Gasteiger partial charge on any atom is 0.338 e. The van der Waals surface area contributed by atoms with Gasteiger partial charge in [-0.3, -0.25) is 0 Å². The van der Waals surface area contributed by atoms with Crippen LogP contribution >= 0.6 is 0 Å². The van der Waals surface area contributed by atoms with Gasteiger partial charge in [0, 0.05) is 0 Å². The van der Waals surface area contributed by atoms with E-state index in [4.69, 9.17) is 14.2 Å². The molecule has 0 bridgehead atoms. The second-order valence-corrected chi connectivity index (χ2v) is 4.51. The molecule has 0 aromatic heterocycles. The van der Waals surface area contributed by atoms with Crippen molar-refractivity contribution in [2.45, 2.75) is 24.9 Å². The first-order chi connectivity index (χ1) is 9.72. The third kappa shape index (κ3) is 3.66. The van der Waals surface area contributed by atoms with Crippen molar-refractivity contribution in [2.75, 3.05) is 13.2 Å². The zero-order valence-electron chi connectivity index (χ0n) is 11.1. The third-order valence-corrected chi connectivity index (χ3v) is 2.99. The predicted molar refractivity (Wildman–Crippen MR) is 71.9 cm³/mol. The summed E-state index contributed by atoms with van der Waals surface area (Å²) >= 11 is 0. The molecule has 1 saturated heterocycles.